The molecule has 0 fully saturated rings. The molecule has 1 unspecified atom stereocenters. The summed E-state index contributed by atoms with van der Waals surface area (Å²) in [7, 11) is 0. The number of halogens is 2. The Morgan fingerprint density at radius 3 is 2.90 bits per heavy atom. The molecule has 0 saturated carbocycles. The second-order valence-electron chi connectivity index (χ2n) is 4.35. The summed E-state index contributed by atoms with van der Waals surface area (Å²) < 4.78 is 14.4. The fraction of sp³-hybridized carbons (Fsp3) is 0.267. The third kappa shape index (κ3) is 3.81. The monoisotopic (exact) mass is 354 g/mol. The lowest BCUT2D eigenvalue weighted by Crippen LogP contribution is -2.18. The molecular formula is C15H16BrFN2S. The maximum atomic E-state index is 13.5. The summed E-state index contributed by atoms with van der Waals surface area (Å²) in [6.45, 7) is 4.92. The molecule has 0 aliphatic heterocycles. The van der Waals surface area contributed by atoms with Gasteiger partial charge in [-0.1, -0.05) is 18.7 Å². The predicted octanol–water partition coefficient (Wildman–Crippen LogP) is 4.80. The van der Waals surface area contributed by atoms with Gasteiger partial charge in [0.15, 0.2) is 0 Å². The standard InChI is InChI=1S/C15H16BrFN2S/c1-3-18-10(2)12-9-11(17)6-7-14(12)20-15-13(16)5-4-8-19-15/h4-10,18H,3H2,1-2H3. The Hall–Kier alpha value is -0.910. The van der Waals surface area contributed by atoms with Crippen molar-refractivity contribution in [2.24, 2.45) is 0 Å². The van der Waals surface area contributed by atoms with Crippen LogP contribution in [0.4, 0.5) is 4.39 Å². The molecule has 0 saturated heterocycles. The summed E-state index contributed by atoms with van der Waals surface area (Å²) in [5.74, 6) is -0.214. The molecule has 1 aromatic heterocycles. The molecule has 2 nitrogen and oxygen atoms in total. The van der Waals surface area contributed by atoms with E-state index in [0.29, 0.717) is 0 Å². The smallest absolute Gasteiger partial charge is 0.123 e. The maximum Gasteiger partial charge on any atom is 0.123 e. The van der Waals surface area contributed by atoms with Crippen molar-refractivity contribution in [1.82, 2.24) is 10.3 Å². The van der Waals surface area contributed by atoms with E-state index in [-0.39, 0.29) is 11.9 Å². The second kappa shape index (κ2) is 7.20. The fourth-order valence-electron chi connectivity index (χ4n) is 1.92. The van der Waals surface area contributed by atoms with E-state index < -0.39 is 0 Å². The van der Waals surface area contributed by atoms with Gasteiger partial charge >= 0.3 is 0 Å². The zero-order chi connectivity index (χ0) is 14.5. The van der Waals surface area contributed by atoms with E-state index in [0.717, 1.165) is 26.5 Å². The third-order valence-electron chi connectivity index (χ3n) is 2.88. The molecule has 2 rings (SSSR count). The highest BCUT2D eigenvalue weighted by atomic mass is 79.9. The van der Waals surface area contributed by atoms with Crippen LogP contribution in [-0.2, 0) is 0 Å². The molecule has 5 heteroatoms. The van der Waals surface area contributed by atoms with Crippen LogP contribution in [0.15, 0.2) is 50.9 Å². The van der Waals surface area contributed by atoms with E-state index in [9.17, 15) is 4.39 Å². The van der Waals surface area contributed by atoms with Gasteiger partial charge in [-0.2, -0.15) is 0 Å². The number of nitrogens with one attached hydrogen (secondary N) is 1. The minimum Gasteiger partial charge on any atom is -0.310 e. The van der Waals surface area contributed by atoms with Gasteiger partial charge in [0, 0.05) is 17.1 Å². The van der Waals surface area contributed by atoms with Crippen LogP contribution >= 0.6 is 27.7 Å². The summed E-state index contributed by atoms with van der Waals surface area (Å²) in [5, 5.41) is 4.20. The van der Waals surface area contributed by atoms with Gasteiger partial charge in [-0.3, -0.25) is 0 Å². The van der Waals surface area contributed by atoms with Crippen LogP contribution in [0.1, 0.15) is 25.5 Å². The van der Waals surface area contributed by atoms with Crippen molar-refractivity contribution < 1.29 is 4.39 Å². The topological polar surface area (TPSA) is 24.9 Å². The number of benzene rings is 1. The Balaban J connectivity index is 2.34. The first kappa shape index (κ1) is 15.5. The van der Waals surface area contributed by atoms with Gasteiger partial charge in [-0.25, -0.2) is 9.37 Å². The summed E-state index contributed by atoms with van der Waals surface area (Å²) >= 11 is 5.03. The first-order valence-electron chi connectivity index (χ1n) is 6.43. The average molecular weight is 355 g/mol. The number of nitrogens with zero attached hydrogens (tertiary/aromatic N) is 1. The molecule has 0 aliphatic rings. The van der Waals surface area contributed by atoms with E-state index in [1.807, 2.05) is 32.0 Å². The molecule has 0 bridgehead atoms. The van der Waals surface area contributed by atoms with Crippen molar-refractivity contribution in [1.29, 1.82) is 0 Å². The highest BCUT2D eigenvalue weighted by Gasteiger charge is 2.13. The van der Waals surface area contributed by atoms with Crippen LogP contribution in [0.2, 0.25) is 0 Å². The van der Waals surface area contributed by atoms with Gasteiger partial charge in [-0.05, 0) is 65.3 Å². The Morgan fingerprint density at radius 1 is 1.40 bits per heavy atom. The van der Waals surface area contributed by atoms with Crippen molar-refractivity contribution in [3.63, 3.8) is 0 Å². The summed E-state index contributed by atoms with van der Waals surface area (Å²) in [5.41, 5.74) is 0.953. The van der Waals surface area contributed by atoms with Crippen molar-refractivity contribution in [3.8, 4) is 0 Å². The zero-order valence-corrected chi connectivity index (χ0v) is 13.8. The Labute approximate surface area is 131 Å². The third-order valence-corrected chi connectivity index (χ3v) is 4.89. The molecule has 1 heterocycles. The quantitative estimate of drug-likeness (QED) is 0.834. The lowest BCUT2D eigenvalue weighted by molar-refractivity contribution is 0.574. The number of aromatic nitrogens is 1. The Bertz CT molecular complexity index is 592. The van der Waals surface area contributed by atoms with E-state index in [4.69, 9.17) is 0 Å². The average Bonchev–Trinajstić information content (AvgIpc) is 2.43. The van der Waals surface area contributed by atoms with E-state index in [2.05, 4.69) is 26.2 Å². The van der Waals surface area contributed by atoms with E-state index >= 15 is 0 Å². The molecule has 0 aliphatic carbocycles. The summed E-state index contributed by atoms with van der Waals surface area (Å²) in [6.07, 6.45) is 1.75. The van der Waals surface area contributed by atoms with E-state index in [1.165, 1.54) is 17.8 Å². The largest absolute Gasteiger partial charge is 0.310 e. The normalized spacial score (nSPS) is 12.4. The van der Waals surface area contributed by atoms with Crippen LogP contribution in [0.5, 0.6) is 0 Å². The van der Waals surface area contributed by atoms with E-state index in [1.54, 1.807) is 12.3 Å². The predicted molar refractivity (Wildman–Crippen MR) is 84.6 cm³/mol. The van der Waals surface area contributed by atoms with Crippen molar-refractivity contribution in [2.75, 3.05) is 6.54 Å². The second-order valence-corrected chi connectivity index (χ2v) is 6.24. The summed E-state index contributed by atoms with van der Waals surface area (Å²) in [6, 6.07) is 8.81. The van der Waals surface area contributed by atoms with Crippen LogP contribution in [-0.4, -0.2) is 11.5 Å². The van der Waals surface area contributed by atoms with Crippen molar-refractivity contribution in [2.45, 2.75) is 29.8 Å². The zero-order valence-electron chi connectivity index (χ0n) is 11.4. The van der Waals surface area contributed by atoms with Crippen molar-refractivity contribution in [3.05, 3.63) is 52.4 Å². The number of hydrogen-bond acceptors (Lipinski definition) is 3. The SMILES string of the molecule is CCNC(C)c1cc(F)ccc1Sc1ncccc1Br. The highest BCUT2D eigenvalue weighted by Crippen LogP contribution is 2.35. The molecule has 0 amide bonds. The van der Waals surface area contributed by atoms with Crippen LogP contribution in [0, 0.1) is 5.82 Å². The molecule has 1 N–H and O–H groups in total. The lowest BCUT2D eigenvalue weighted by Gasteiger charge is -2.17. The van der Waals surface area contributed by atoms with Gasteiger partial charge in [0.25, 0.3) is 0 Å². The van der Waals surface area contributed by atoms with Gasteiger partial charge in [0.2, 0.25) is 0 Å². The number of hydrogen-bond donors (Lipinski definition) is 1. The molecule has 20 heavy (non-hydrogen) atoms. The van der Waals surface area contributed by atoms with Crippen LogP contribution in [0.3, 0.4) is 0 Å². The highest BCUT2D eigenvalue weighted by molar-refractivity contribution is 9.10. The van der Waals surface area contributed by atoms with Gasteiger partial charge in [0.1, 0.15) is 10.8 Å². The number of pyridine rings is 1. The molecule has 0 radical (unpaired) electrons. The molecular weight excluding hydrogens is 339 g/mol. The van der Waals surface area contributed by atoms with Gasteiger partial charge in [0.05, 0.1) is 4.47 Å². The Morgan fingerprint density at radius 2 is 2.20 bits per heavy atom. The van der Waals surface area contributed by atoms with Gasteiger partial charge in [-0.15, -0.1) is 0 Å². The Kier molecular flexibility index (Phi) is 5.57. The molecule has 0 spiro atoms. The van der Waals surface area contributed by atoms with Gasteiger partial charge < -0.3 is 5.32 Å². The van der Waals surface area contributed by atoms with Crippen LogP contribution in [0.25, 0.3) is 0 Å². The van der Waals surface area contributed by atoms with Crippen LogP contribution < -0.4 is 5.32 Å². The fourth-order valence-corrected chi connectivity index (χ4v) is 3.39. The lowest BCUT2D eigenvalue weighted by atomic mass is 10.1. The molecule has 106 valence electrons. The number of rotatable bonds is 5. The maximum absolute atomic E-state index is 13.5. The molecule has 1 atom stereocenters. The van der Waals surface area contributed by atoms with Crippen molar-refractivity contribution >= 4 is 27.7 Å². The minimum absolute atomic E-state index is 0.0979. The first-order chi connectivity index (χ1) is 9.61. The minimum atomic E-state index is -0.214. The first-order valence-corrected chi connectivity index (χ1v) is 8.04. The summed E-state index contributed by atoms with van der Waals surface area (Å²) in [4.78, 5) is 5.36. The molecule has 1 aromatic carbocycles. The molecule has 2 aromatic rings.